The van der Waals surface area contributed by atoms with Crippen LogP contribution in [0.25, 0.3) is 0 Å². The first-order valence-electron chi connectivity index (χ1n) is 7.92. The number of rotatable bonds is 8. The fourth-order valence-corrected chi connectivity index (χ4v) is 2.25. The number of nitrogens with zero attached hydrogens (tertiary/aromatic N) is 1. The number of hydrogen-bond donors (Lipinski definition) is 2. The molecule has 0 unspecified atom stereocenters. The second kappa shape index (κ2) is 9.08. The number of carbonyl (C=O) groups excluding carboxylic acids is 2. The van der Waals surface area contributed by atoms with Crippen molar-refractivity contribution in [3.63, 3.8) is 0 Å². The van der Waals surface area contributed by atoms with E-state index in [0.717, 1.165) is 0 Å². The third-order valence-corrected chi connectivity index (χ3v) is 3.50. The van der Waals surface area contributed by atoms with E-state index < -0.39 is 5.91 Å². The van der Waals surface area contributed by atoms with Crippen LogP contribution < -0.4 is 15.8 Å². The maximum absolute atomic E-state index is 12.0. The first kappa shape index (κ1) is 18.0. The number of hydrogen-bond acceptors (Lipinski definition) is 4. The number of nitriles is 1. The molecule has 0 saturated heterocycles. The van der Waals surface area contributed by atoms with E-state index in [1.807, 2.05) is 0 Å². The zero-order valence-corrected chi connectivity index (χ0v) is 13.7. The zero-order chi connectivity index (χ0) is 18.1. The Morgan fingerprint density at radius 1 is 1.12 bits per heavy atom. The highest BCUT2D eigenvalue weighted by atomic mass is 16.5. The molecule has 6 nitrogen and oxygen atoms in total. The summed E-state index contributed by atoms with van der Waals surface area (Å²) in [5, 5.41) is 11.5. The minimum absolute atomic E-state index is 0.180. The monoisotopic (exact) mass is 337 g/mol. The molecule has 0 bridgehead atoms. The predicted octanol–water partition coefficient (Wildman–Crippen LogP) is 2.84. The fraction of sp³-hybridized carbons (Fsp3) is 0.211. The summed E-state index contributed by atoms with van der Waals surface area (Å²) in [6.45, 7) is 0.458. The average Bonchev–Trinajstić information content (AvgIpc) is 2.62. The van der Waals surface area contributed by atoms with Crippen molar-refractivity contribution in [1.82, 2.24) is 0 Å². The molecule has 0 atom stereocenters. The van der Waals surface area contributed by atoms with Crippen LogP contribution in [0.3, 0.4) is 0 Å². The number of carbonyl (C=O) groups is 2. The molecule has 2 aromatic carbocycles. The molecule has 3 N–H and O–H groups in total. The van der Waals surface area contributed by atoms with Gasteiger partial charge in [-0.15, -0.1) is 0 Å². The molecule has 2 rings (SSSR count). The lowest BCUT2D eigenvalue weighted by Gasteiger charge is -2.09. The Hall–Kier alpha value is -3.33. The topological polar surface area (TPSA) is 105 Å². The number of nitrogens with two attached hydrogens (primary N) is 1. The molecule has 0 saturated carbocycles. The Balaban J connectivity index is 1.72. The standard InChI is InChI=1S/C19H19N3O3/c20-13-14-6-5-7-15(12-14)25-11-4-3-10-18(23)22-17-9-2-1-8-16(17)19(21)24/h1-2,5-9,12H,3-4,10-11H2,(H2,21,24)(H,22,23). The lowest BCUT2D eigenvalue weighted by Crippen LogP contribution is -2.18. The van der Waals surface area contributed by atoms with Crippen LogP contribution in [0.1, 0.15) is 35.2 Å². The highest BCUT2D eigenvalue weighted by molar-refractivity contribution is 6.02. The van der Waals surface area contributed by atoms with Gasteiger partial charge in [0.05, 0.1) is 29.5 Å². The fourth-order valence-electron chi connectivity index (χ4n) is 2.25. The van der Waals surface area contributed by atoms with Crippen molar-refractivity contribution >= 4 is 17.5 Å². The molecule has 0 aliphatic rings. The van der Waals surface area contributed by atoms with Crippen molar-refractivity contribution in [2.75, 3.05) is 11.9 Å². The van der Waals surface area contributed by atoms with Crippen LogP contribution in [0.4, 0.5) is 5.69 Å². The first-order valence-corrected chi connectivity index (χ1v) is 7.92. The molecule has 25 heavy (non-hydrogen) atoms. The Bertz CT molecular complexity index is 796. The van der Waals surface area contributed by atoms with E-state index in [0.29, 0.717) is 42.9 Å². The van der Waals surface area contributed by atoms with Crippen LogP contribution in [0.2, 0.25) is 0 Å². The smallest absolute Gasteiger partial charge is 0.250 e. The van der Waals surface area contributed by atoms with Crippen molar-refractivity contribution in [3.8, 4) is 11.8 Å². The average molecular weight is 337 g/mol. The third-order valence-electron chi connectivity index (χ3n) is 3.50. The molecule has 2 amide bonds. The molecule has 0 radical (unpaired) electrons. The van der Waals surface area contributed by atoms with Crippen LogP contribution >= 0.6 is 0 Å². The van der Waals surface area contributed by atoms with Gasteiger partial charge in [0, 0.05) is 6.42 Å². The van der Waals surface area contributed by atoms with Gasteiger partial charge in [0.25, 0.3) is 5.91 Å². The molecule has 0 aliphatic heterocycles. The van der Waals surface area contributed by atoms with E-state index >= 15 is 0 Å². The minimum Gasteiger partial charge on any atom is -0.494 e. The molecule has 0 spiro atoms. The number of anilines is 1. The molecule has 128 valence electrons. The van der Waals surface area contributed by atoms with E-state index in [1.54, 1.807) is 48.5 Å². The maximum atomic E-state index is 12.0. The number of para-hydroxylation sites is 1. The van der Waals surface area contributed by atoms with Gasteiger partial charge in [-0.25, -0.2) is 0 Å². The molecule has 0 heterocycles. The molecule has 0 fully saturated rings. The van der Waals surface area contributed by atoms with Gasteiger partial charge in [-0.1, -0.05) is 18.2 Å². The Morgan fingerprint density at radius 2 is 1.92 bits per heavy atom. The van der Waals surface area contributed by atoms with Gasteiger partial charge < -0.3 is 15.8 Å². The van der Waals surface area contributed by atoms with Gasteiger partial charge in [0.15, 0.2) is 0 Å². The number of primary amides is 1. The van der Waals surface area contributed by atoms with E-state index in [2.05, 4.69) is 11.4 Å². The number of benzene rings is 2. The molecule has 6 heteroatoms. The highest BCUT2D eigenvalue weighted by Crippen LogP contribution is 2.15. The third kappa shape index (κ3) is 5.66. The van der Waals surface area contributed by atoms with Gasteiger partial charge >= 0.3 is 0 Å². The maximum Gasteiger partial charge on any atom is 0.250 e. The van der Waals surface area contributed by atoms with Gasteiger partial charge in [-0.05, 0) is 43.2 Å². The summed E-state index contributed by atoms with van der Waals surface area (Å²) in [4.78, 5) is 23.3. The highest BCUT2D eigenvalue weighted by Gasteiger charge is 2.10. The van der Waals surface area contributed by atoms with E-state index in [9.17, 15) is 9.59 Å². The van der Waals surface area contributed by atoms with Crippen molar-refractivity contribution in [2.45, 2.75) is 19.3 Å². The summed E-state index contributed by atoms with van der Waals surface area (Å²) in [5.74, 6) is -0.122. The largest absolute Gasteiger partial charge is 0.494 e. The predicted molar refractivity (Wildman–Crippen MR) is 94.1 cm³/mol. The van der Waals surface area contributed by atoms with Crippen molar-refractivity contribution in [3.05, 3.63) is 59.7 Å². The summed E-state index contributed by atoms with van der Waals surface area (Å²) in [5.41, 5.74) is 6.53. The van der Waals surface area contributed by atoms with E-state index in [1.165, 1.54) is 0 Å². The van der Waals surface area contributed by atoms with Gasteiger partial charge in [0.1, 0.15) is 5.75 Å². The summed E-state index contributed by atoms with van der Waals surface area (Å²) >= 11 is 0. The number of amides is 2. The van der Waals surface area contributed by atoms with Crippen LogP contribution in [0.5, 0.6) is 5.75 Å². The molecule has 0 aromatic heterocycles. The van der Waals surface area contributed by atoms with Gasteiger partial charge in [-0.3, -0.25) is 9.59 Å². The Kier molecular flexibility index (Phi) is 6.55. The number of ether oxygens (including phenoxy) is 1. The van der Waals surface area contributed by atoms with Gasteiger partial charge in [-0.2, -0.15) is 5.26 Å². The molecule has 0 aliphatic carbocycles. The molecule has 2 aromatic rings. The van der Waals surface area contributed by atoms with Crippen LogP contribution in [0, 0.1) is 11.3 Å². The van der Waals surface area contributed by atoms with Crippen molar-refractivity contribution < 1.29 is 14.3 Å². The summed E-state index contributed by atoms with van der Waals surface area (Å²) in [7, 11) is 0. The van der Waals surface area contributed by atoms with Crippen LogP contribution in [0.15, 0.2) is 48.5 Å². The summed E-state index contributed by atoms with van der Waals surface area (Å²) in [6.07, 6.45) is 1.65. The molecular weight excluding hydrogens is 318 g/mol. The van der Waals surface area contributed by atoms with Crippen molar-refractivity contribution in [2.24, 2.45) is 5.73 Å². The SMILES string of the molecule is N#Cc1cccc(OCCCCC(=O)Nc2ccccc2C(N)=O)c1. The first-order chi connectivity index (χ1) is 12.1. The summed E-state index contributed by atoms with van der Waals surface area (Å²) < 4.78 is 5.56. The minimum atomic E-state index is -0.580. The van der Waals surface area contributed by atoms with Crippen LogP contribution in [-0.2, 0) is 4.79 Å². The molecular formula is C19H19N3O3. The number of unbranched alkanes of at least 4 members (excludes halogenated alkanes) is 1. The lowest BCUT2D eigenvalue weighted by atomic mass is 10.1. The van der Waals surface area contributed by atoms with Crippen LogP contribution in [-0.4, -0.2) is 18.4 Å². The number of nitrogens with one attached hydrogen (secondary N) is 1. The summed E-state index contributed by atoms with van der Waals surface area (Å²) in [6, 6.07) is 15.6. The Labute approximate surface area is 146 Å². The quantitative estimate of drug-likeness (QED) is 0.722. The second-order valence-electron chi connectivity index (χ2n) is 5.40. The zero-order valence-electron chi connectivity index (χ0n) is 13.7. The van der Waals surface area contributed by atoms with E-state index in [4.69, 9.17) is 15.7 Å². The van der Waals surface area contributed by atoms with Crippen molar-refractivity contribution in [1.29, 1.82) is 5.26 Å². The van der Waals surface area contributed by atoms with Gasteiger partial charge in [0.2, 0.25) is 5.91 Å². The Morgan fingerprint density at radius 3 is 2.68 bits per heavy atom. The second-order valence-corrected chi connectivity index (χ2v) is 5.40. The van der Waals surface area contributed by atoms with E-state index in [-0.39, 0.29) is 11.5 Å². The lowest BCUT2D eigenvalue weighted by molar-refractivity contribution is -0.116. The normalized spacial score (nSPS) is 9.88.